The van der Waals surface area contributed by atoms with Gasteiger partial charge in [-0.1, -0.05) is 39.5 Å². The second-order valence-corrected chi connectivity index (χ2v) is 7.03. The molecule has 0 aliphatic carbocycles. The van der Waals surface area contributed by atoms with Gasteiger partial charge in [0.15, 0.2) is 5.69 Å². The molecule has 0 saturated heterocycles. The van der Waals surface area contributed by atoms with Gasteiger partial charge in [-0.05, 0) is 37.1 Å². The molecule has 1 aromatic carbocycles. The first-order valence-corrected chi connectivity index (χ1v) is 10.3. The van der Waals surface area contributed by atoms with Crippen molar-refractivity contribution in [3.05, 3.63) is 53.5 Å². The zero-order chi connectivity index (χ0) is 21.1. The molecule has 0 unspecified atom stereocenters. The number of nitrogens with zero attached hydrogens (tertiary/aromatic N) is 2. The van der Waals surface area contributed by atoms with Crippen molar-refractivity contribution in [1.29, 1.82) is 0 Å². The number of hydrogen-bond acceptors (Lipinski definition) is 4. The Hall–Kier alpha value is -2.70. The molecule has 1 aromatic heterocycles. The van der Waals surface area contributed by atoms with Crippen LogP contribution in [0.5, 0.6) is 0 Å². The Bertz CT molecular complexity index is 774. The maximum atomic E-state index is 13.2. The van der Waals surface area contributed by atoms with Crippen molar-refractivity contribution >= 4 is 11.8 Å². The van der Waals surface area contributed by atoms with Crippen molar-refractivity contribution in [1.82, 2.24) is 15.2 Å². The number of unbranched alkanes of at least 4 members (excludes halogenated alkanes) is 4. The minimum atomic E-state index is -0.388. The van der Waals surface area contributed by atoms with Crippen LogP contribution in [-0.2, 0) is 6.54 Å². The molecule has 2 aromatic rings. The van der Waals surface area contributed by atoms with Gasteiger partial charge < -0.3 is 14.6 Å². The Balaban J connectivity index is 2.02. The SMILES string of the molecule is CCCCCNC(=O)c1coc(CN(CCCCC)C(=O)c2ccc(F)cc2)n1. The lowest BCUT2D eigenvalue weighted by Gasteiger charge is -2.21. The largest absolute Gasteiger partial charge is 0.446 e. The average Bonchev–Trinajstić information content (AvgIpc) is 3.19. The number of aromatic nitrogens is 1. The minimum Gasteiger partial charge on any atom is -0.446 e. The zero-order valence-electron chi connectivity index (χ0n) is 17.2. The number of hydrogen-bond donors (Lipinski definition) is 1. The van der Waals surface area contributed by atoms with Gasteiger partial charge in [0.1, 0.15) is 12.1 Å². The molecule has 2 rings (SSSR count). The predicted octanol–water partition coefficient (Wildman–Crippen LogP) is 4.57. The lowest BCUT2D eigenvalue weighted by atomic mass is 10.1. The van der Waals surface area contributed by atoms with Crippen molar-refractivity contribution in [3.63, 3.8) is 0 Å². The first-order chi connectivity index (χ1) is 14.0. The van der Waals surface area contributed by atoms with Crippen molar-refractivity contribution in [3.8, 4) is 0 Å². The van der Waals surface area contributed by atoms with E-state index in [4.69, 9.17) is 4.42 Å². The highest BCUT2D eigenvalue weighted by Crippen LogP contribution is 2.13. The van der Waals surface area contributed by atoms with E-state index in [0.29, 0.717) is 24.5 Å². The van der Waals surface area contributed by atoms with Gasteiger partial charge in [-0.15, -0.1) is 0 Å². The summed E-state index contributed by atoms with van der Waals surface area (Å²) in [6.45, 7) is 5.48. The summed E-state index contributed by atoms with van der Waals surface area (Å²) in [5, 5.41) is 2.82. The van der Waals surface area contributed by atoms with Crippen LogP contribution in [0.25, 0.3) is 0 Å². The fourth-order valence-electron chi connectivity index (χ4n) is 2.90. The van der Waals surface area contributed by atoms with Gasteiger partial charge in [0.2, 0.25) is 5.89 Å². The third kappa shape index (κ3) is 7.33. The van der Waals surface area contributed by atoms with Crippen LogP contribution in [0.2, 0.25) is 0 Å². The van der Waals surface area contributed by atoms with E-state index >= 15 is 0 Å². The number of halogens is 1. The van der Waals surface area contributed by atoms with Gasteiger partial charge in [-0.2, -0.15) is 0 Å². The van der Waals surface area contributed by atoms with Crippen LogP contribution < -0.4 is 5.32 Å². The van der Waals surface area contributed by atoms with E-state index in [1.54, 1.807) is 4.90 Å². The molecule has 2 amide bonds. The molecule has 0 atom stereocenters. The van der Waals surface area contributed by atoms with E-state index in [-0.39, 0.29) is 29.9 Å². The van der Waals surface area contributed by atoms with Crippen LogP contribution in [0.15, 0.2) is 34.9 Å². The number of oxazole rings is 1. The number of benzene rings is 1. The first kappa shape index (κ1) is 22.6. The van der Waals surface area contributed by atoms with Crippen LogP contribution in [0, 0.1) is 5.82 Å². The fourth-order valence-corrected chi connectivity index (χ4v) is 2.90. The second-order valence-electron chi connectivity index (χ2n) is 7.03. The summed E-state index contributed by atoms with van der Waals surface area (Å²) in [6.07, 6.45) is 7.24. The Morgan fingerprint density at radius 2 is 1.76 bits per heavy atom. The Morgan fingerprint density at radius 1 is 1.07 bits per heavy atom. The molecule has 0 aliphatic heterocycles. The molecule has 0 radical (unpaired) electrons. The highest BCUT2D eigenvalue weighted by molar-refractivity contribution is 5.94. The summed E-state index contributed by atoms with van der Waals surface area (Å²) < 4.78 is 18.6. The maximum absolute atomic E-state index is 13.2. The summed E-state index contributed by atoms with van der Waals surface area (Å²) >= 11 is 0. The number of nitrogens with one attached hydrogen (secondary N) is 1. The van der Waals surface area contributed by atoms with Crippen LogP contribution in [0.1, 0.15) is 79.1 Å². The van der Waals surface area contributed by atoms with Gasteiger partial charge in [0.05, 0.1) is 6.54 Å². The molecule has 1 N–H and O–H groups in total. The molecule has 0 aliphatic rings. The summed E-state index contributed by atoms with van der Waals surface area (Å²) in [5.74, 6) is -0.583. The lowest BCUT2D eigenvalue weighted by molar-refractivity contribution is 0.0725. The Morgan fingerprint density at radius 3 is 2.45 bits per heavy atom. The monoisotopic (exact) mass is 403 g/mol. The van der Waals surface area contributed by atoms with Crippen molar-refractivity contribution in [2.45, 2.75) is 58.9 Å². The van der Waals surface area contributed by atoms with Crippen LogP contribution in [0.3, 0.4) is 0 Å². The third-order valence-electron chi connectivity index (χ3n) is 4.59. The van der Waals surface area contributed by atoms with Gasteiger partial charge in [0.25, 0.3) is 11.8 Å². The van der Waals surface area contributed by atoms with E-state index < -0.39 is 0 Å². The predicted molar refractivity (Wildman–Crippen MR) is 109 cm³/mol. The van der Waals surface area contributed by atoms with Crippen molar-refractivity contribution in [2.75, 3.05) is 13.1 Å². The van der Waals surface area contributed by atoms with Crippen LogP contribution in [0.4, 0.5) is 4.39 Å². The number of rotatable bonds is 12. The van der Waals surface area contributed by atoms with E-state index in [1.807, 2.05) is 0 Å². The Labute approximate surface area is 171 Å². The molecule has 0 fully saturated rings. The van der Waals surface area contributed by atoms with E-state index in [0.717, 1.165) is 38.5 Å². The Kier molecular flexibility index (Phi) is 9.34. The van der Waals surface area contributed by atoms with Gasteiger partial charge in [-0.25, -0.2) is 9.37 Å². The van der Waals surface area contributed by atoms with Crippen LogP contribution in [-0.4, -0.2) is 34.8 Å². The van der Waals surface area contributed by atoms with E-state index in [2.05, 4.69) is 24.1 Å². The molecule has 0 spiro atoms. The van der Waals surface area contributed by atoms with Crippen molar-refractivity contribution < 1.29 is 18.4 Å². The van der Waals surface area contributed by atoms with Crippen LogP contribution >= 0.6 is 0 Å². The summed E-state index contributed by atoms with van der Waals surface area (Å²) in [4.78, 5) is 30.9. The highest BCUT2D eigenvalue weighted by Gasteiger charge is 2.20. The second kappa shape index (κ2) is 12.0. The minimum absolute atomic E-state index is 0.156. The summed E-state index contributed by atoms with van der Waals surface area (Å²) in [6, 6.07) is 5.47. The molecule has 0 saturated carbocycles. The molecular weight excluding hydrogens is 373 g/mol. The lowest BCUT2D eigenvalue weighted by Crippen LogP contribution is -2.32. The smallest absolute Gasteiger partial charge is 0.273 e. The van der Waals surface area contributed by atoms with E-state index in [9.17, 15) is 14.0 Å². The standard InChI is InChI=1S/C22H30FN3O3/c1-3-5-7-13-24-21(27)19-16-29-20(25-19)15-26(14-8-6-4-2)22(28)17-9-11-18(23)12-10-17/h9-12,16H,3-8,13-15H2,1-2H3,(H,24,27). The van der Waals surface area contributed by atoms with Gasteiger partial charge >= 0.3 is 0 Å². The van der Waals surface area contributed by atoms with Gasteiger partial charge in [-0.3, -0.25) is 9.59 Å². The molecule has 1 heterocycles. The molecule has 29 heavy (non-hydrogen) atoms. The van der Waals surface area contributed by atoms with Crippen molar-refractivity contribution in [2.24, 2.45) is 0 Å². The topological polar surface area (TPSA) is 75.4 Å². The highest BCUT2D eigenvalue weighted by atomic mass is 19.1. The zero-order valence-corrected chi connectivity index (χ0v) is 17.2. The normalized spacial score (nSPS) is 10.7. The van der Waals surface area contributed by atoms with Gasteiger partial charge in [0, 0.05) is 18.7 Å². The fraction of sp³-hybridized carbons (Fsp3) is 0.500. The molecule has 7 heteroatoms. The quantitative estimate of drug-likeness (QED) is 0.527. The first-order valence-electron chi connectivity index (χ1n) is 10.3. The molecule has 6 nitrogen and oxygen atoms in total. The van der Waals surface area contributed by atoms with E-state index in [1.165, 1.54) is 30.5 Å². The molecule has 0 bridgehead atoms. The number of carbonyl (C=O) groups is 2. The number of amides is 2. The number of carbonyl (C=O) groups excluding carboxylic acids is 2. The average molecular weight is 403 g/mol. The third-order valence-corrected chi connectivity index (χ3v) is 4.59. The summed E-state index contributed by atoms with van der Waals surface area (Å²) in [5.41, 5.74) is 0.614. The molecular formula is C22H30FN3O3. The maximum Gasteiger partial charge on any atom is 0.273 e. The molecule has 158 valence electrons. The summed E-state index contributed by atoms with van der Waals surface area (Å²) in [7, 11) is 0.